The molecule has 1 amide bonds. The van der Waals surface area contributed by atoms with E-state index in [4.69, 9.17) is 21.1 Å². The molecule has 0 aliphatic heterocycles. The van der Waals surface area contributed by atoms with E-state index in [-0.39, 0.29) is 0 Å². The summed E-state index contributed by atoms with van der Waals surface area (Å²) in [4.78, 5) is 24.7. The fourth-order valence-electron chi connectivity index (χ4n) is 1.86. The highest BCUT2D eigenvalue weighted by Crippen LogP contribution is 2.28. The molecule has 0 unspecified atom stereocenters. The molecule has 1 N–H and O–H groups in total. The zero-order chi connectivity index (χ0) is 17.0. The maximum atomic E-state index is 12.2. The molecule has 0 bridgehead atoms. The number of thiophene rings is 1. The molecule has 23 heavy (non-hydrogen) atoms. The molecule has 2 aromatic rings. The largest absolute Gasteiger partial charge is 0.495 e. The van der Waals surface area contributed by atoms with Crippen molar-refractivity contribution >= 4 is 40.5 Å². The number of anilines is 1. The zero-order valence-corrected chi connectivity index (χ0v) is 14.5. The molecule has 1 aromatic carbocycles. The summed E-state index contributed by atoms with van der Waals surface area (Å²) in [5, 5.41) is 4.90. The molecule has 0 saturated carbocycles. The number of hydrogen-bond acceptors (Lipinski definition) is 5. The minimum absolute atomic E-state index is 0.417. The first-order valence-corrected chi connectivity index (χ1v) is 8.07. The molecular weight excluding hydrogens is 338 g/mol. The van der Waals surface area contributed by atoms with Crippen LogP contribution in [0.1, 0.15) is 22.2 Å². The lowest BCUT2D eigenvalue weighted by atomic mass is 10.2. The van der Waals surface area contributed by atoms with Crippen molar-refractivity contribution in [2.24, 2.45) is 0 Å². The number of methoxy groups -OCH3 is 1. The fraction of sp³-hybridized carbons (Fsp3) is 0.250. The van der Waals surface area contributed by atoms with E-state index >= 15 is 0 Å². The van der Waals surface area contributed by atoms with Crippen LogP contribution in [0.15, 0.2) is 29.6 Å². The van der Waals surface area contributed by atoms with Crippen molar-refractivity contribution in [3.05, 3.63) is 45.1 Å². The van der Waals surface area contributed by atoms with Crippen molar-refractivity contribution in [1.29, 1.82) is 0 Å². The predicted octanol–water partition coefficient (Wildman–Crippen LogP) is 3.90. The molecule has 0 spiro atoms. The number of benzene rings is 1. The van der Waals surface area contributed by atoms with Gasteiger partial charge in [0, 0.05) is 5.02 Å². The Hall–Kier alpha value is -2.05. The van der Waals surface area contributed by atoms with Gasteiger partial charge in [0.25, 0.3) is 5.91 Å². The van der Waals surface area contributed by atoms with Crippen LogP contribution in [0.3, 0.4) is 0 Å². The number of nitrogens with one attached hydrogen (secondary N) is 1. The van der Waals surface area contributed by atoms with Crippen molar-refractivity contribution in [2.75, 3.05) is 12.4 Å². The average molecular weight is 354 g/mol. The summed E-state index contributed by atoms with van der Waals surface area (Å²) in [5.41, 5.74) is 1.24. The summed E-state index contributed by atoms with van der Waals surface area (Å²) >= 11 is 7.19. The molecule has 0 radical (unpaired) electrons. The van der Waals surface area contributed by atoms with Crippen LogP contribution in [-0.4, -0.2) is 25.1 Å². The number of carbonyl (C=O) groups excluding carboxylic acids is 2. The van der Waals surface area contributed by atoms with Gasteiger partial charge in [-0.25, -0.2) is 4.79 Å². The summed E-state index contributed by atoms with van der Waals surface area (Å²) in [5.74, 6) is -0.512. The normalized spacial score (nSPS) is 11.7. The van der Waals surface area contributed by atoms with Gasteiger partial charge in [0.1, 0.15) is 10.6 Å². The molecule has 1 heterocycles. The number of aryl methyl sites for hydroxylation is 1. The van der Waals surface area contributed by atoms with Gasteiger partial charge in [0.2, 0.25) is 0 Å². The minimum Gasteiger partial charge on any atom is -0.495 e. The smallest absolute Gasteiger partial charge is 0.349 e. The number of rotatable bonds is 5. The topological polar surface area (TPSA) is 64.6 Å². The Kier molecular flexibility index (Phi) is 5.63. The quantitative estimate of drug-likeness (QED) is 0.828. The summed E-state index contributed by atoms with van der Waals surface area (Å²) in [6.07, 6.45) is -0.951. The van der Waals surface area contributed by atoms with Crippen molar-refractivity contribution < 1.29 is 19.1 Å². The monoisotopic (exact) mass is 353 g/mol. The third kappa shape index (κ3) is 4.24. The lowest BCUT2D eigenvalue weighted by Gasteiger charge is -2.15. The Morgan fingerprint density at radius 3 is 2.65 bits per heavy atom. The van der Waals surface area contributed by atoms with Crippen molar-refractivity contribution in [1.82, 2.24) is 0 Å². The maximum Gasteiger partial charge on any atom is 0.349 e. The molecule has 0 aliphatic rings. The molecule has 1 aromatic heterocycles. The number of amides is 1. The molecule has 5 nitrogen and oxygen atoms in total. The van der Waals surface area contributed by atoms with Crippen molar-refractivity contribution in [2.45, 2.75) is 20.0 Å². The zero-order valence-electron chi connectivity index (χ0n) is 12.9. The summed E-state index contributed by atoms with van der Waals surface area (Å²) < 4.78 is 10.4. The van der Waals surface area contributed by atoms with Gasteiger partial charge in [-0.05, 0) is 49.1 Å². The van der Waals surface area contributed by atoms with Gasteiger partial charge in [-0.2, -0.15) is 0 Å². The Morgan fingerprint density at radius 2 is 2.04 bits per heavy atom. The Bertz CT molecular complexity index is 729. The molecule has 0 fully saturated rings. The number of esters is 1. The molecule has 1 atom stereocenters. The van der Waals surface area contributed by atoms with Gasteiger partial charge in [-0.15, -0.1) is 11.3 Å². The van der Waals surface area contributed by atoms with Crippen LogP contribution >= 0.6 is 22.9 Å². The average Bonchev–Trinajstić information content (AvgIpc) is 2.93. The van der Waals surface area contributed by atoms with Gasteiger partial charge in [0.05, 0.1) is 12.8 Å². The van der Waals surface area contributed by atoms with Crippen LogP contribution in [-0.2, 0) is 9.53 Å². The number of ether oxygens (including phenoxy) is 2. The Balaban J connectivity index is 2.04. The van der Waals surface area contributed by atoms with Crippen LogP contribution in [0, 0.1) is 6.92 Å². The second-order valence-electron chi connectivity index (χ2n) is 4.81. The molecule has 0 aliphatic carbocycles. The molecular formula is C16H16ClNO4S. The summed E-state index contributed by atoms with van der Waals surface area (Å²) in [7, 11) is 1.49. The van der Waals surface area contributed by atoms with Crippen LogP contribution < -0.4 is 10.1 Å². The van der Waals surface area contributed by atoms with Crippen molar-refractivity contribution in [3.8, 4) is 5.75 Å². The Labute approximate surface area is 143 Å². The van der Waals surface area contributed by atoms with Crippen LogP contribution in [0.25, 0.3) is 0 Å². The van der Waals surface area contributed by atoms with Crippen molar-refractivity contribution in [3.63, 3.8) is 0 Å². The van der Waals surface area contributed by atoms with Gasteiger partial charge in [-0.3, -0.25) is 4.79 Å². The SMILES string of the molecule is COc1ccc(Cl)cc1NC(=O)[C@@H](C)OC(=O)c1sccc1C. The highest BCUT2D eigenvalue weighted by atomic mass is 35.5. The molecule has 122 valence electrons. The van der Waals surface area contributed by atoms with Gasteiger partial charge in [-0.1, -0.05) is 11.6 Å². The Morgan fingerprint density at radius 1 is 1.30 bits per heavy atom. The van der Waals surface area contributed by atoms with Crippen LogP contribution in [0.5, 0.6) is 5.75 Å². The van der Waals surface area contributed by atoms with Gasteiger partial charge in [0.15, 0.2) is 6.10 Å². The molecule has 2 rings (SSSR count). The van der Waals surface area contributed by atoms with E-state index in [1.165, 1.54) is 25.4 Å². The van der Waals surface area contributed by atoms with Gasteiger partial charge < -0.3 is 14.8 Å². The van der Waals surface area contributed by atoms with Crippen LogP contribution in [0.4, 0.5) is 5.69 Å². The highest BCUT2D eigenvalue weighted by molar-refractivity contribution is 7.12. The van der Waals surface area contributed by atoms with Gasteiger partial charge >= 0.3 is 5.97 Å². The van der Waals surface area contributed by atoms with E-state index in [0.29, 0.717) is 21.3 Å². The number of hydrogen-bond donors (Lipinski definition) is 1. The predicted molar refractivity (Wildman–Crippen MR) is 90.6 cm³/mol. The first kappa shape index (κ1) is 17.3. The fourth-order valence-corrected chi connectivity index (χ4v) is 2.84. The first-order chi connectivity index (χ1) is 10.9. The number of halogens is 1. The third-order valence-electron chi connectivity index (χ3n) is 3.12. The van der Waals surface area contributed by atoms with Crippen LogP contribution in [0.2, 0.25) is 5.02 Å². The molecule has 7 heteroatoms. The lowest BCUT2D eigenvalue weighted by molar-refractivity contribution is -0.123. The minimum atomic E-state index is -0.951. The van der Waals surface area contributed by atoms with E-state index in [1.807, 2.05) is 13.0 Å². The summed E-state index contributed by atoms with van der Waals surface area (Å²) in [6, 6.07) is 6.68. The standard InChI is InChI=1S/C16H16ClNO4S/c1-9-6-7-23-14(9)16(20)22-10(2)15(19)18-12-8-11(17)4-5-13(12)21-3/h4-8,10H,1-3H3,(H,18,19)/t10-/m1/s1. The number of carbonyl (C=O) groups is 2. The maximum absolute atomic E-state index is 12.2. The second-order valence-corrected chi connectivity index (χ2v) is 6.17. The van der Waals surface area contributed by atoms with E-state index in [2.05, 4.69) is 5.32 Å². The van der Waals surface area contributed by atoms with E-state index < -0.39 is 18.0 Å². The molecule has 0 saturated heterocycles. The lowest BCUT2D eigenvalue weighted by Crippen LogP contribution is -2.30. The van der Waals surface area contributed by atoms with E-state index in [9.17, 15) is 9.59 Å². The summed E-state index contributed by atoms with van der Waals surface area (Å²) in [6.45, 7) is 3.32. The van der Waals surface area contributed by atoms with E-state index in [1.54, 1.807) is 23.6 Å². The highest BCUT2D eigenvalue weighted by Gasteiger charge is 2.21. The van der Waals surface area contributed by atoms with E-state index in [0.717, 1.165) is 5.56 Å². The third-order valence-corrected chi connectivity index (χ3v) is 4.35. The second kappa shape index (κ2) is 7.48. The first-order valence-electron chi connectivity index (χ1n) is 6.82.